The minimum absolute atomic E-state index is 1.01. The highest BCUT2D eigenvalue weighted by atomic mass is 15.2. The van der Waals surface area contributed by atoms with Gasteiger partial charge in [-0.15, -0.1) is 0 Å². The largest absolute Gasteiger partial charge is 0.304 e. The van der Waals surface area contributed by atoms with Crippen LogP contribution in [0.1, 0.15) is 161 Å². The average Bonchev–Trinajstić information content (AvgIpc) is 2.76. The van der Waals surface area contributed by atoms with Gasteiger partial charge in [0, 0.05) is 6.67 Å². The Morgan fingerprint density at radius 2 is 0.645 bits per heavy atom. The first-order valence-corrected chi connectivity index (χ1v) is 14.6. The van der Waals surface area contributed by atoms with Gasteiger partial charge >= 0.3 is 0 Å². The van der Waals surface area contributed by atoms with Gasteiger partial charge in [-0.25, -0.2) is 0 Å². The summed E-state index contributed by atoms with van der Waals surface area (Å²) in [6.07, 6.45) is 35.1. The lowest BCUT2D eigenvalue weighted by Crippen LogP contribution is -2.28. The van der Waals surface area contributed by atoms with E-state index in [0.717, 1.165) is 6.67 Å². The molecule has 0 aromatic carbocycles. The Hall–Kier alpha value is -0.0800. The summed E-state index contributed by atoms with van der Waals surface area (Å²) >= 11 is 0. The molecule has 0 aromatic rings. The second kappa shape index (κ2) is 28.0. The van der Waals surface area contributed by atoms with Gasteiger partial charge in [-0.1, -0.05) is 155 Å². The average molecular weight is 439 g/mol. The molecule has 0 radical (unpaired) electrons. The van der Waals surface area contributed by atoms with Gasteiger partial charge < -0.3 is 5.32 Å². The fraction of sp³-hybridized carbons (Fsp3) is 1.00. The van der Waals surface area contributed by atoms with Gasteiger partial charge in [0.2, 0.25) is 0 Å². The topological polar surface area (TPSA) is 15.3 Å². The molecule has 2 nitrogen and oxygen atoms in total. The molecule has 0 aromatic heterocycles. The van der Waals surface area contributed by atoms with Crippen LogP contribution >= 0.6 is 0 Å². The summed E-state index contributed by atoms with van der Waals surface area (Å²) in [4.78, 5) is 2.19. The summed E-state index contributed by atoms with van der Waals surface area (Å²) in [6.45, 7) is 4.49. The molecule has 2 heteroatoms. The van der Waals surface area contributed by atoms with Crippen molar-refractivity contribution in [3.63, 3.8) is 0 Å². The standard InChI is InChI=1S/C29H62N2/c1-4-5-6-7-8-9-10-11-12-13-14-15-16-17-18-19-20-21-22-23-24-25-26-27-28-30-29-31(2)3/h30H,4-29H2,1-3H3. The fourth-order valence-corrected chi connectivity index (χ4v) is 4.51. The third-order valence-electron chi connectivity index (χ3n) is 6.64. The van der Waals surface area contributed by atoms with Gasteiger partial charge in [0.15, 0.2) is 0 Å². The number of rotatable bonds is 27. The van der Waals surface area contributed by atoms with Crippen LogP contribution in [0, 0.1) is 0 Å². The van der Waals surface area contributed by atoms with E-state index in [2.05, 4.69) is 31.2 Å². The van der Waals surface area contributed by atoms with Crippen molar-refractivity contribution in [2.75, 3.05) is 27.3 Å². The zero-order chi connectivity index (χ0) is 22.7. The van der Waals surface area contributed by atoms with Gasteiger partial charge in [0.05, 0.1) is 0 Å². The van der Waals surface area contributed by atoms with Crippen LogP contribution in [0.3, 0.4) is 0 Å². The van der Waals surface area contributed by atoms with Crippen molar-refractivity contribution in [1.29, 1.82) is 0 Å². The van der Waals surface area contributed by atoms with Crippen molar-refractivity contribution in [3.8, 4) is 0 Å². The van der Waals surface area contributed by atoms with E-state index >= 15 is 0 Å². The normalized spacial score (nSPS) is 11.6. The van der Waals surface area contributed by atoms with Gasteiger partial charge in [-0.2, -0.15) is 0 Å². The lowest BCUT2D eigenvalue weighted by Gasteiger charge is -2.10. The maximum atomic E-state index is 3.48. The Bertz CT molecular complexity index is 303. The molecule has 0 aliphatic carbocycles. The first kappa shape index (κ1) is 30.9. The van der Waals surface area contributed by atoms with Gasteiger partial charge in [-0.3, -0.25) is 4.90 Å². The number of hydrogen-bond donors (Lipinski definition) is 1. The second-order valence-electron chi connectivity index (χ2n) is 10.4. The van der Waals surface area contributed by atoms with Gasteiger partial charge in [0.1, 0.15) is 0 Å². The first-order valence-electron chi connectivity index (χ1n) is 14.6. The maximum absolute atomic E-state index is 3.48. The quantitative estimate of drug-likeness (QED) is 0.101. The van der Waals surface area contributed by atoms with Crippen molar-refractivity contribution >= 4 is 0 Å². The number of hydrogen-bond acceptors (Lipinski definition) is 2. The zero-order valence-corrected chi connectivity index (χ0v) is 22.3. The molecule has 0 bridgehead atoms. The second-order valence-corrected chi connectivity index (χ2v) is 10.4. The van der Waals surface area contributed by atoms with Crippen molar-refractivity contribution in [2.45, 2.75) is 161 Å². The van der Waals surface area contributed by atoms with Crippen LogP contribution < -0.4 is 5.32 Å². The SMILES string of the molecule is CCCCCCCCCCCCCCCCCCCCCCCCCCNCN(C)C. The number of nitrogens with zero attached hydrogens (tertiary/aromatic N) is 1. The molecular formula is C29H62N2. The Morgan fingerprint density at radius 3 is 0.903 bits per heavy atom. The molecule has 0 saturated carbocycles. The summed E-state index contributed by atoms with van der Waals surface area (Å²) in [5, 5.41) is 3.48. The fourth-order valence-electron chi connectivity index (χ4n) is 4.51. The van der Waals surface area contributed by atoms with Crippen molar-refractivity contribution in [3.05, 3.63) is 0 Å². The Balaban J connectivity index is 2.99. The molecule has 0 saturated heterocycles. The van der Waals surface area contributed by atoms with E-state index in [-0.39, 0.29) is 0 Å². The molecule has 0 atom stereocenters. The molecule has 0 unspecified atom stereocenters. The zero-order valence-electron chi connectivity index (χ0n) is 22.3. The van der Waals surface area contributed by atoms with Crippen molar-refractivity contribution in [2.24, 2.45) is 0 Å². The minimum atomic E-state index is 1.01. The van der Waals surface area contributed by atoms with Gasteiger partial charge in [0.25, 0.3) is 0 Å². The lowest BCUT2D eigenvalue weighted by molar-refractivity contribution is 0.365. The summed E-state index contributed by atoms with van der Waals surface area (Å²) in [5.74, 6) is 0. The molecule has 0 spiro atoms. The Labute approximate surface area is 198 Å². The molecule has 0 fully saturated rings. The molecule has 31 heavy (non-hydrogen) atoms. The lowest BCUT2D eigenvalue weighted by atomic mass is 10.0. The van der Waals surface area contributed by atoms with Crippen LogP contribution in [0.2, 0.25) is 0 Å². The van der Waals surface area contributed by atoms with Crippen LogP contribution in [-0.4, -0.2) is 32.2 Å². The van der Waals surface area contributed by atoms with Crippen molar-refractivity contribution < 1.29 is 0 Å². The minimum Gasteiger partial charge on any atom is -0.304 e. The Morgan fingerprint density at radius 1 is 0.387 bits per heavy atom. The van der Waals surface area contributed by atoms with E-state index in [4.69, 9.17) is 0 Å². The van der Waals surface area contributed by atoms with E-state index in [1.165, 1.54) is 161 Å². The van der Waals surface area contributed by atoms with Crippen LogP contribution in [0.15, 0.2) is 0 Å². The number of unbranched alkanes of at least 4 members (excludes halogenated alkanes) is 23. The van der Waals surface area contributed by atoms with E-state index in [0.29, 0.717) is 0 Å². The Kier molecular flexibility index (Phi) is 27.9. The predicted molar refractivity (Wildman–Crippen MR) is 143 cm³/mol. The third-order valence-corrected chi connectivity index (χ3v) is 6.64. The molecule has 0 aliphatic rings. The van der Waals surface area contributed by atoms with Crippen LogP contribution in [0.5, 0.6) is 0 Å². The summed E-state index contributed by atoms with van der Waals surface area (Å²) in [7, 11) is 4.24. The highest BCUT2D eigenvalue weighted by Gasteiger charge is 1.96. The van der Waals surface area contributed by atoms with Crippen LogP contribution in [-0.2, 0) is 0 Å². The highest BCUT2D eigenvalue weighted by molar-refractivity contribution is 4.52. The van der Waals surface area contributed by atoms with Crippen LogP contribution in [0.25, 0.3) is 0 Å². The summed E-state index contributed by atoms with van der Waals surface area (Å²) < 4.78 is 0. The van der Waals surface area contributed by atoms with Crippen LogP contribution in [0.4, 0.5) is 0 Å². The molecule has 0 heterocycles. The summed E-state index contributed by atoms with van der Waals surface area (Å²) in [6, 6.07) is 0. The molecular weight excluding hydrogens is 376 g/mol. The van der Waals surface area contributed by atoms with E-state index < -0.39 is 0 Å². The third kappa shape index (κ3) is 29.9. The highest BCUT2D eigenvalue weighted by Crippen LogP contribution is 2.15. The monoisotopic (exact) mass is 438 g/mol. The van der Waals surface area contributed by atoms with E-state index in [1.807, 2.05) is 0 Å². The van der Waals surface area contributed by atoms with Gasteiger partial charge in [-0.05, 0) is 27.1 Å². The predicted octanol–water partition coefficient (Wildman–Crippen LogP) is 9.48. The molecule has 188 valence electrons. The smallest absolute Gasteiger partial charge is 0.0474 e. The molecule has 0 aliphatic heterocycles. The maximum Gasteiger partial charge on any atom is 0.0474 e. The van der Waals surface area contributed by atoms with E-state index in [9.17, 15) is 0 Å². The molecule has 0 amide bonds. The van der Waals surface area contributed by atoms with E-state index in [1.54, 1.807) is 0 Å². The summed E-state index contributed by atoms with van der Waals surface area (Å²) in [5.41, 5.74) is 0. The molecule has 0 rings (SSSR count). The molecule has 1 N–H and O–H groups in total. The van der Waals surface area contributed by atoms with Crippen molar-refractivity contribution in [1.82, 2.24) is 10.2 Å². The number of nitrogens with one attached hydrogen (secondary N) is 1. The first-order chi connectivity index (χ1) is 15.3.